The quantitative estimate of drug-likeness (QED) is 0.739. The lowest BCUT2D eigenvalue weighted by Crippen LogP contribution is -2.11. The first kappa shape index (κ1) is 13.0. The van der Waals surface area contributed by atoms with Gasteiger partial charge in [-0.15, -0.1) is 0 Å². The number of fused-ring (bicyclic) bond motifs is 1. The van der Waals surface area contributed by atoms with Crippen LogP contribution in [0.4, 0.5) is 0 Å². The van der Waals surface area contributed by atoms with Gasteiger partial charge in [0.1, 0.15) is 5.75 Å². The highest BCUT2D eigenvalue weighted by atomic mass is 35.5. The van der Waals surface area contributed by atoms with Gasteiger partial charge in [-0.25, -0.2) is 0 Å². The van der Waals surface area contributed by atoms with E-state index in [1.165, 1.54) is 0 Å². The second-order valence-electron chi connectivity index (χ2n) is 4.75. The Morgan fingerprint density at radius 3 is 2.35 bits per heavy atom. The van der Waals surface area contributed by atoms with Gasteiger partial charge in [0.15, 0.2) is 0 Å². The third-order valence-corrected chi connectivity index (χ3v) is 3.75. The van der Waals surface area contributed by atoms with E-state index in [1.54, 1.807) is 12.1 Å². The Kier molecular flexibility index (Phi) is 3.35. The summed E-state index contributed by atoms with van der Waals surface area (Å²) in [6.45, 7) is 0. The Labute approximate surface area is 122 Å². The van der Waals surface area contributed by atoms with Crippen molar-refractivity contribution in [2.75, 3.05) is 0 Å². The number of rotatable bonds is 2. The molecule has 0 spiro atoms. The van der Waals surface area contributed by atoms with Gasteiger partial charge in [0, 0.05) is 16.0 Å². The number of phenols is 1. The molecule has 0 aliphatic carbocycles. The maximum Gasteiger partial charge on any atom is 0.128 e. The van der Waals surface area contributed by atoms with Gasteiger partial charge in [0.05, 0.1) is 6.04 Å². The van der Waals surface area contributed by atoms with E-state index < -0.39 is 0 Å². The maximum atomic E-state index is 10.4. The predicted molar refractivity (Wildman–Crippen MR) is 83.1 cm³/mol. The zero-order valence-electron chi connectivity index (χ0n) is 10.8. The van der Waals surface area contributed by atoms with Crippen LogP contribution in [-0.2, 0) is 0 Å². The van der Waals surface area contributed by atoms with Crippen LogP contribution in [0.3, 0.4) is 0 Å². The second kappa shape index (κ2) is 5.16. The minimum Gasteiger partial charge on any atom is -0.507 e. The number of hydrogen-bond donors (Lipinski definition) is 2. The van der Waals surface area contributed by atoms with Crippen molar-refractivity contribution in [1.29, 1.82) is 0 Å². The van der Waals surface area contributed by atoms with E-state index in [-0.39, 0.29) is 11.8 Å². The van der Waals surface area contributed by atoms with Crippen molar-refractivity contribution in [1.82, 2.24) is 0 Å². The van der Waals surface area contributed by atoms with Crippen molar-refractivity contribution in [2.24, 2.45) is 5.73 Å². The molecule has 0 saturated carbocycles. The topological polar surface area (TPSA) is 46.2 Å². The number of nitrogens with two attached hydrogens (primary N) is 1. The zero-order valence-corrected chi connectivity index (χ0v) is 11.5. The third-order valence-electron chi connectivity index (χ3n) is 3.50. The summed E-state index contributed by atoms with van der Waals surface area (Å²) in [6, 6.07) is 18.5. The molecular formula is C17H14ClNO. The van der Waals surface area contributed by atoms with Gasteiger partial charge in [0.25, 0.3) is 0 Å². The van der Waals surface area contributed by atoms with Gasteiger partial charge in [-0.2, -0.15) is 0 Å². The van der Waals surface area contributed by atoms with E-state index in [9.17, 15) is 5.11 Å². The molecule has 0 aromatic heterocycles. The summed E-state index contributed by atoms with van der Waals surface area (Å²) < 4.78 is 0. The van der Waals surface area contributed by atoms with Crippen LogP contribution in [0.15, 0.2) is 60.7 Å². The minimum absolute atomic E-state index is 0.241. The summed E-state index contributed by atoms with van der Waals surface area (Å²) in [5, 5.41) is 12.9. The van der Waals surface area contributed by atoms with Gasteiger partial charge < -0.3 is 10.8 Å². The summed E-state index contributed by atoms with van der Waals surface area (Å²) in [6.07, 6.45) is 0. The van der Waals surface area contributed by atoms with E-state index in [1.807, 2.05) is 48.5 Å². The van der Waals surface area contributed by atoms with Crippen molar-refractivity contribution in [2.45, 2.75) is 6.04 Å². The molecule has 3 aromatic carbocycles. The Morgan fingerprint density at radius 1 is 0.900 bits per heavy atom. The molecule has 0 radical (unpaired) electrons. The lowest BCUT2D eigenvalue weighted by molar-refractivity contribution is 0.472. The zero-order chi connectivity index (χ0) is 14.1. The Balaban J connectivity index is 2.09. The first-order valence-corrected chi connectivity index (χ1v) is 6.76. The average molecular weight is 284 g/mol. The number of aromatic hydroxyl groups is 1. The van der Waals surface area contributed by atoms with Crippen molar-refractivity contribution in [3.05, 3.63) is 76.8 Å². The maximum absolute atomic E-state index is 10.4. The van der Waals surface area contributed by atoms with Gasteiger partial charge in [0.2, 0.25) is 0 Å². The fourth-order valence-electron chi connectivity index (χ4n) is 2.37. The fourth-order valence-corrected chi connectivity index (χ4v) is 2.50. The van der Waals surface area contributed by atoms with Crippen LogP contribution in [0.2, 0.25) is 5.02 Å². The number of benzene rings is 3. The summed E-state index contributed by atoms with van der Waals surface area (Å²) >= 11 is 5.88. The first-order chi connectivity index (χ1) is 9.66. The molecule has 2 nitrogen and oxygen atoms in total. The normalized spacial score (nSPS) is 12.5. The van der Waals surface area contributed by atoms with E-state index in [0.29, 0.717) is 10.6 Å². The predicted octanol–water partition coefficient (Wildman–Crippen LogP) is 4.25. The minimum atomic E-state index is -0.378. The summed E-state index contributed by atoms with van der Waals surface area (Å²) in [4.78, 5) is 0. The van der Waals surface area contributed by atoms with Crippen molar-refractivity contribution < 1.29 is 5.11 Å². The molecule has 100 valence electrons. The summed E-state index contributed by atoms with van der Waals surface area (Å²) in [5.74, 6) is 0.241. The molecule has 0 unspecified atom stereocenters. The largest absolute Gasteiger partial charge is 0.507 e. The van der Waals surface area contributed by atoms with Gasteiger partial charge in [-0.05, 0) is 23.1 Å². The van der Waals surface area contributed by atoms with Crippen LogP contribution in [-0.4, -0.2) is 5.11 Å². The average Bonchev–Trinajstić information content (AvgIpc) is 2.48. The van der Waals surface area contributed by atoms with Crippen molar-refractivity contribution in [3.63, 3.8) is 0 Å². The molecule has 0 fully saturated rings. The molecule has 3 N–H and O–H groups in total. The lowest BCUT2D eigenvalue weighted by Gasteiger charge is -2.15. The lowest BCUT2D eigenvalue weighted by atomic mass is 9.96. The summed E-state index contributed by atoms with van der Waals surface area (Å²) in [7, 11) is 0. The van der Waals surface area contributed by atoms with Crippen LogP contribution in [0.25, 0.3) is 10.8 Å². The highest BCUT2D eigenvalue weighted by molar-refractivity contribution is 6.30. The fraction of sp³-hybridized carbons (Fsp3) is 0.0588. The highest BCUT2D eigenvalue weighted by Crippen LogP contribution is 2.34. The molecule has 20 heavy (non-hydrogen) atoms. The van der Waals surface area contributed by atoms with Crippen molar-refractivity contribution in [3.8, 4) is 5.75 Å². The van der Waals surface area contributed by atoms with Crippen LogP contribution in [0, 0.1) is 0 Å². The van der Waals surface area contributed by atoms with Crippen LogP contribution in [0.1, 0.15) is 17.2 Å². The van der Waals surface area contributed by atoms with Gasteiger partial charge >= 0.3 is 0 Å². The van der Waals surface area contributed by atoms with E-state index in [4.69, 9.17) is 17.3 Å². The smallest absolute Gasteiger partial charge is 0.128 e. The molecule has 0 amide bonds. The summed E-state index contributed by atoms with van der Waals surface area (Å²) in [5.41, 5.74) is 7.89. The third kappa shape index (κ3) is 2.24. The second-order valence-corrected chi connectivity index (χ2v) is 5.19. The van der Waals surface area contributed by atoms with Gasteiger partial charge in [-0.1, -0.05) is 60.1 Å². The molecule has 3 rings (SSSR count). The van der Waals surface area contributed by atoms with Crippen LogP contribution >= 0.6 is 11.6 Å². The standard InChI is InChI=1S/C17H14ClNO/c18-13-8-5-12(6-9-13)16(19)15-10-7-11-3-1-2-4-14(11)17(15)20/h1-10,16,20H,19H2/t16-/m1/s1. The van der Waals surface area contributed by atoms with E-state index in [0.717, 1.165) is 16.3 Å². The van der Waals surface area contributed by atoms with Gasteiger partial charge in [-0.3, -0.25) is 0 Å². The molecule has 0 aliphatic heterocycles. The van der Waals surface area contributed by atoms with E-state index >= 15 is 0 Å². The molecule has 0 heterocycles. The Hall–Kier alpha value is -2.03. The Bertz CT molecular complexity index is 753. The Morgan fingerprint density at radius 2 is 1.60 bits per heavy atom. The highest BCUT2D eigenvalue weighted by Gasteiger charge is 2.15. The SMILES string of the molecule is N[C@H](c1ccc(Cl)cc1)c1ccc2ccccc2c1O. The van der Waals surface area contributed by atoms with E-state index in [2.05, 4.69) is 0 Å². The van der Waals surface area contributed by atoms with Crippen LogP contribution < -0.4 is 5.73 Å². The number of phenolic OH excluding ortho intramolecular Hbond substituents is 1. The molecular weight excluding hydrogens is 270 g/mol. The number of halogens is 1. The molecule has 0 aliphatic rings. The number of hydrogen-bond acceptors (Lipinski definition) is 2. The molecule has 0 saturated heterocycles. The molecule has 3 aromatic rings. The van der Waals surface area contributed by atoms with Crippen molar-refractivity contribution >= 4 is 22.4 Å². The monoisotopic (exact) mass is 283 g/mol. The van der Waals surface area contributed by atoms with Crippen LogP contribution in [0.5, 0.6) is 5.75 Å². The first-order valence-electron chi connectivity index (χ1n) is 6.38. The molecule has 1 atom stereocenters. The molecule has 0 bridgehead atoms. The molecule has 3 heteroatoms.